The van der Waals surface area contributed by atoms with Gasteiger partial charge in [-0.05, 0) is 43.4 Å². The first-order chi connectivity index (χ1) is 9.90. The lowest BCUT2D eigenvalue weighted by atomic mass is 9.95. The molecule has 0 unspecified atom stereocenters. The van der Waals surface area contributed by atoms with Crippen molar-refractivity contribution in [3.05, 3.63) is 53.6 Å². The molecule has 3 nitrogen and oxygen atoms in total. The topological polar surface area (TPSA) is 31.9 Å². The Kier molecular flexibility index (Phi) is 3.07. The number of aromatic nitrogens is 2. The predicted molar refractivity (Wildman–Crippen MR) is 79.8 cm³/mol. The molecule has 1 aliphatic heterocycles. The van der Waals surface area contributed by atoms with Crippen LogP contribution in [0.25, 0.3) is 0 Å². The van der Waals surface area contributed by atoms with Crippen LogP contribution in [0, 0.1) is 0 Å². The highest BCUT2D eigenvalue weighted by Crippen LogP contribution is 2.31. The number of fused-ring (bicyclic) bond motifs is 1. The third-order valence-corrected chi connectivity index (χ3v) is 4.90. The van der Waals surface area contributed by atoms with Gasteiger partial charge in [0.05, 0.1) is 0 Å². The predicted octanol–water partition coefficient (Wildman–Crippen LogP) is 2.76. The second-order valence-corrected chi connectivity index (χ2v) is 6.14. The molecule has 1 N–H and O–H groups in total. The van der Waals surface area contributed by atoms with E-state index >= 15 is 0 Å². The van der Waals surface area contributed by atoms with E-state index < -0.39 is 0 Å². The summed E-state index contributed by atoms with van der Waals surface area (Å²) in [7, 11) is 0. The molecule has 0 radical (unpaired) electrons. The van der Waals surface area contributed by atoms with Crippen LogP contribution in [0.5, 0.6) is 0 Å². The summed E-state index contributed by atoms with van der Waals surface area (Å²) >= 11 is 0. The van der Waals surface area contributed by atoms with Crippen LogP contribution in [0.4, 0.5) is 0 Å². The van der Waals surface area contributed by atoms with Gasteiger partial charge in [0.15, 0.2) is 0 Å². The summed E-state index contributed by atoms with van der Waals surface area (Å²) in [5.74, 6) is 1.76. The Morgan fingerprint density at radius 2 is 1.95 bits per heavy atom. The minimum Gasteiger partial charge on any atom is -0.348 e. The number of hydrogen-bond donors (Lipinski definition) is 1. The van der Waals surface area contributed by atoms with E-state index in [1.54, 1.807) is 11.1 Å². The Morgan fingerprint density at radius 1 is 1.15 bits per heavy atom. The van der Waals surface area contributed by atoms with E-state index in [9.17, 15) is 0 Å². The number of aromatic amines is 1. The summed E-state index contributed by atoms with van der Waals surface area (Å²) in [6.45, 7) is 2.40. The molecule has 1 atom stereocenters. The van der Waals surface area contributed by atoms with Gasteiger partial charge in [-0.3, -0.25) is 4.90 Å². The number of hydrogen-bond acceptors (Lipinski definition) is 2. The van der Waals surface area contributed by atoms with Gasteiger partial charge in [0.2, 0.25) is 0 Å². The van der Waals surface area contributed by atoms with Crippen molar-refractivity contribution in [1.29, 1.82) is 0 Å². The average Bonchev–Trinajstić information content (AvgIpc) is 3.16. The van der Waals surface area contributed by atoms with E-state index in [0.29, 0.717) is 12.0 Å². The summed E-state index contributed by atoms with van der Waals surface area (Å²) in [6.07, 6.45) is 8.82. The van der Waals surface area contributed by atoms with Crippen LogP contribution in [0.1, 0.15) is 35.7 Å². The van der Waals surface area contributed by atoms with E-state index in [4.69, 9.17) is 0 Å². The van der Waals surface area contributed by atoms with Crippen molar-refractivity contribution in [3.8, 4) is 0 Å². The normalized spacial score (nSPS) is 23.9. The fourth-order valence-electron chi connectivity index (χ4n) is 3.86. The molecule has 1 aliphatic carbocycles. The summed E-state index contributed by atoms with van der Waals surface area (Å²) in [4.78, 5) is 10.4. The first kappa shape index (κ1) is 12.2. The molecule has 1 aromatic carbocycles. The van der Waals surface area contributed by atoms with Gasteiger partial charge in [-0.25, -0.2) is 4.98 Å². The minimum atomic E-state index is 0.586. The van der Waals surface area contributed by atoms with E-state index in [1.807, 2.05) is 12.4 Å². The first-order valence-electron chi connectivity index (χ1n) is 7.70. The fraction of sp³-hybridized carbons (Fsp3) is 0.471. The maximum Gasteiger partial charge on any atom is 0.110 e. The van der Waals surface area contributed by atoms with Gasteiger partial charge in [-0.15, -0.1) is 0 Å². The average molecular weight is 267 g/mol. The van der Waals surface area contributed by atoms with Gasteiger partial charge in [0.25, 0.3) is 0 Å². The quantitative estimate of drug-likeness (QED) is 0.907. The summed E-state index contributed by atoms with van der Waals surface area (Å²) in [6, 6.07) is 9.63. The molecule has 0 amide bonds. The molecular weight excluding hydrogens is 246 g/mol. The number of nitrogens with one attached hydrogen (secondary N) is 1. The van der Waals surface area contributed by atoms with E-state index in [2.05, 4.69) is 39.1 Å². The Bertz CT molecular complexity index is 551. The Balaban J connectivity index is 1.47. The van der Waals surface area contributed by atoms with Crippen molar-refractivity contribution in [2.75, 3.05) is 13.1 Å². The molecule has 1 saturated heterocycles. The standard InChI is InChI=1S/C17H21N3/c1-2-5-14-11-16(10-13(14)4-1)20-9-3-6-15(12-20)17-18-7-8-19-17/h1-2,4-5,7-8,15-16H,3,6,9-12H2,(H,18,19)/t15-/m0/s1. The van der Waals surface area contributed by atoms with Crippen molar-refractivity contribution in [2.24, 2.45) is 0 Å². The number of imidazole rings is 1. The number of rotatable bonds is 2. The molecular formula is C17H21N3. The highest BCUT2D eigenvalue weighted by atomic mass is 15.2. The smallest absolute Gasteiger partial charge is 0.110 e. The molecule has 2 aromatic rings. The van der Waals surface area contributed by atoms with E-state index in [-0.39, 0.29) is 0 Å². The molecule has 0 spiro atoms. The zero-order valence-electron chi connectivity index (χ0n) is 11.8. The Morgan fingerprint density at radius 3 is 2.65 bits per heavy atom. The number of nitrogens with zero attached hydrogens (tertiary/aromatic N) is 2. The maximum absolute atomic E-state index is 4.46. The van der Waals surface area contributed by atoms with Crippen LogP contribution in [0.3, 0.4) is 0 Å². The third kappa shape index (κ3) is 2.16. The van der Waals surface area contributed by atoms with Crippen molar-refractivity contribution in [3.63, 3.8) is 0 Å². The minimum absolute atomic E-state index is 0.586. The zero-order valence-corrected chi connectivity index (χ0v) is 11.8. The van der Waals surface area contributed by atoms with Gasteiger partial charge >= 0.3 is 0 Å². The highest BCUT2D eigenvalue weighted by molar-refractivity contribution is 5.33. The number of likely N-dealkylation sites (tertiary alicyclic amines) is 1. The largest absolute Gasteiger partial charge is 0.348 e. The van der Waals surface area contributed by atoms with Crippen LogP contribution in [0.15, 0.2) is 36.7 Å². The molecule has 104 valence electrons. The molecule has 2 aliphatic rings. The van der Waals surface area contributed by atoms with Gasteiger partial charge in [-0.1, -0.05) is 24.3 Å². The van der Waals surface area contributed by atoms with E-state index in [0.717, 1.165) is 6.54 Å². The Hall–Kier alpha value is -1.61. The number of benzene rings is 1. The Labute approximate surface area is 120 Å². The van der Waals surface area contributed by atoms with Crippen LogP contribution < -0.4 is 0 Å². The second kappa shape index (κ2) is 5.06. The molecule has 0 bridgehead atoms. The molecule has 1 aromatic heterocycles. The molecule has 20 heavy (non-hydrogen) atoms. The first-order valence-corrected chi connectivity index (χ1v) is 7.70. The molecule has 3 heteroatoms. The van der Waals surface area contributed by atoms with Gasteiger partial charge < -0.3 is 4.98 Å². The maximum atomic E-state index is 4.46. The fourth-order valence-corrected chi connectivity index (χ4v) is 3.86. The monoisotopic (exact) mass is 267 g/mol. The second-order valence-electron chi connectivity index (χ2n) is 6.14. The number of H-pyrrole nitrogens is 1. The lowest BCUT2D eigenvalue weighted by molar-refractivity contribution is 0.150. The van der Waals surface area contributed by atoms with Crippen LogP contribution in [-0.4, -0.2) is 34.0 Å². The van der Waals surface area contributed by atoms with Crippen LogP contribution >= 0.6 is 0 Å². The molecule has 4 rings (SSSR count). The van der Waals surface area contributed by atoms with Crippen molar-refractivity contribution >= 4 is 0 Å². The summed E-state index contributed by atoms with van der Waals surface area (Å²) in [5.41, 5.74) is 3.11. The molecule has 2 heterocycles. The van der Waals surface area contributed by atoms with Crippen molar-refractivity contribution in [2.45, 2.75) is 37.6 Å². The third-order valence-electron chi connectivity index (χ3n) is 4.90. The van der Waals surface area contributed by atoms with Crippen LogP contribution in [0.2, 0.25) is 0 Å². The van der Waals surface area contributed by atoms with Crippen LogP contribution in [-0.2, 0) is 12.8 Å². The van der Waals surface area contributed by atoms with Gasteiger partial charge in [-0.2, -0.15) is 0 Å². The lowest BCUT2D eigenvalue weighted by Crippen LogP contribution is -2.42. The lowest BCUT2D eigenvalue weighted by Gasteiger charge is -2.36. The number of piperidine rings is 1. The van der Waals surface area contributed by atoms with E-state index in [1.165, 1.54) is 38.1 Å². The highest BCUT2D eigenvalue weighted by Gasteiger charge is 2.31. The van der Waals surface area contributed by atoms with Crippen molar-refractivity contribution in [1.82, 2.24) is 14.9 Å². The van der Waals surface area contributed by atoms with Gasteiger partial charge in [0, 0.05) is 30.9 Å². The summed E-state index contributed by atoms with van der Waals surface area (Å²) in [5, 5.41) is 0. The van der Waals surface area contributed by atoms with Gasteiger partial charge in [0.1, 0.15) is 5.82 Å². The molecule has 0 saturated carbocycles. The summed E-state index contributed by atoms with van der Waals surface area (Å²) < 4.78 is 0. The molecule has 1 fully saturated rings. The zero-order chi connectivity index (χ0) is 13.4. The van der Waals surface area contributed by atoms with Crippen molar-refractivity contribution < 1.29 is 0 Å². The SMILES string of the molecule is c1ccc2c(c1)CC(N1CCC[C@H](c3ncc[nH]3)C1)C2.